The molecule has 1 aliphatic carbocycles. The molecule has 7 N–H and O–H groups in total. The molecule has 6 nitrogen and oxygen atoms in total. The third-order valence-electron chi connectivity index (χ3n) is 6.64. The third-order valence-corrected chi connectivity index (χ3v) is 7.63. The van der Waals surface area contributed by atoms with Crippen LogP contribution in [-0.2, 0) is 17.9 Å². The summed E-state index contributed by atoms with van der Waals surface area (Å²) in [4.78, 5) is 16.5. The summed E-state index contributed by atoms with van der Waals surface area (Å²) >= 11 is 1.59. The van der Waals surface area contributed by atoms with E-state index in [0.717, 1.165) is 21.7 Å². The summed E-state index contributed by atoms with van der Waals surface area (Å²) < 4.78 is 0. The maximum atomic E-state index is 13.4. The molecule has 3 aromatic carbocycles. The van der Waals surface area contributed by atoms with Gasteiger partial charge in [0.1, 0.15) is 0 Å². The summed E-state index contributed by atoms with van der Waals surface area (Å²) in [6.07, 6.45) is 6.56. The molecule has 1 saturated carbocycles. The number of carbonyl (C=O) groups is 1. The van der Waals surface area contributed by atoms with Gasteiger partial charge in [-0.05, 0) is 66.6 Å². The third kappa shape index (κ3) is 9.29. The first kappa shape index (κ1) is 28.9. The number of thioether (sulfide) groups is 1. The van der Waals surface area contributed by atoms with Crippen LogP contribution in [0.2, 0.25) is 0 Å². The Morgan fingerprint density at radius 2 is 1.49 bits per heavy atom. The van der Waals surface area contributed by atoms with Gasteiger partial charge in [-0.3, -0.25) is 16.1 Å². The molecule has 0 spiro atoms. The first-order chi connectivity index (χ1) is 18.0. The van der Waals surface area contributed by atoms with E-state index >= 15 is 0 Å². The molecule has 37 heavy (non-hydrogen) atoms. The van der Waals surface area contributed by atoms with E-state index in [0.29, 0.717) is 24.8 Å². The van der Waals surface area contributed by atoms with Crippen LogP contribution in [0.5, 0.6) is 0 Å². The molecule has 4 rings (SSSR count). The number of aryl methyl sites for hydroxylation is 1. The van der Waals surface area contributed by atoms with E-state index in [-0.39, 0.29) is 12.6 Å². The van der Waals surface area contributed by atoms with Gasteiger partial charge in [0.2, 0.25) is 5.91 Å². The molecule has 1 fully saturated rings. The van der Waals surface area contributed by atoms with Crippen LogP contribution in [0.4, 0.5) is 5.69 Å². The maximum Gasteiger partial charge on any atom is 0.237 e. The number of anilines is 1. The normalized spacial score (nSPS) is 13.5. The van der Waals surface area contributed by atoms with E-state index in [2.05, 4.69) is 96.6 Å². The van der Waals surface area contributed by atoms with Crippen molar-refractivity contribution < 1.29 is 4.79 Å². The van der Waals surface area contributed by atoms with Gasteiger partial charge in [-0.2, -0.15) is 0 Å². The highest BCUT2D eigenvalue weighted by Gasteiger charge is 2.19. The zero-order chi connectivity index (χ0) is 26.5. The summed E-state index contributed by atoms with van der Waals surface area (Å²) in [5.41, 5.74) is 17.8. The van der Waals surface area contributed by atoms with Gasteiger partial charge in [0.15, 0.2) is 0 Å². The van der Waals surface area contributed by atoms with Gasteiger partial charge in [0.25, 0.3) is 0 Å². The number of carbonyl (C=O) groups excluding carboxylic acids is 1. The van der Waals surface area contributed by atoms with Gasteiger partial charge in [-0.1, -0.05) is 73.4 Å². The largest absolute Gasteiger partial charge is 0.319 e. The average Bonchev–Trinajstić information content (AvgIpc) is 2.93. The summed E-state index contributed by atoms with van der Waals surface area (Å²) in [6, 6.07) is 25.4. The summed E-state index contributed by atoms with van der Waals surface area (Å²) in [6.45, 7) is 3.50. The molecule has 3 aromatic rings. The molecule has 0 aliphatic heterocycles. The van der Waals surface area contributed by atoms with Crippen LogP contribution in [0.3, 0.4) is 0 Å². The monoisotopic (exact) mass is 519 g/mol. The minimum Gasteiger partial charge on any atom is -0.319 e. The van der Waals surface area contributed by atoms with Crippen LogP contribution in [0.15, 0.2) is 77.7 Å². The molecular formula is C30H41N5OS. The highest BCUT2D eigenvalue weighted by atomic mass is 32.2. The number of nitrogens with one attached hydrogen (secondary N) is 1. The fraction of sp³-hybridized carbons (Fsp3) is 0.367. The molecule has 7 heteroatoms. The lowest BCUT2D eigenvalue weighted by Crippen LogP contribution is -2.32. The van der Waals surface area contributed by atoms with Crippen LogP contribution in [0.25, 0.3) is 0 Å². The van der Waals surface area contributed by atoms with Gasteiger partial charge in [0.05, 0.1) is 12.3 Å². The zero-order valence-electron chi connectivity index (χ0n) is 21.9. The molecule has 0 saturated heterocycles. The minimum atomic E-state index is 0.115. The van der Waals surface area contributed by atoms with Gasteiger partial charge < -0.3 is 16.4 Å². The second-order valence-electron chi connectivity index (χ2n) is 9.44. The number of hydrogen-bond acceptors (Lipinski definition) is 6. The lowest BCUT2D eigenvalue weighted by Gasteiger charge is -2.25. The van der Waals surface area contributed by atoms with E-state index in [4.69, 9.17) is 5.84 Å². The Morgan fingerprint density at radius 1 is 0.892 bits per heavy atom. The number of benzene rings is 3. The number of nitrogens with zero attached hydrogens (tertiary/aromatic N) is 1. The average molecular weight is 520 g/mol. The van der Waals surface area contributed by atoms with E-state index in [1.807, 2.05) is 4.90 Å². The highest BCUT2D eigenvalue weighted by Crippen LogP contribution is 2.33. The predicted molar refractivity (Wildman–Crippen MR) is 156 cm³/mol. The molecular weight excluding hydrogens is 478 g/mol. The number of nitrogens with two attached hydrogens (primary N) is 3. The Kier molecular flexibility index (Phi) is 12.1. The Balaban J connectivity index is 0.00000121. The fourth-order valence-electron chi connectivity index (χ4n) is 4.61. The maximum absolute atomic E-state index is 13.4. The zero-order valence-corrected chi connectivity index (χ0v) is 22.7. The molecule has 198 valence electrons. The molecule has 0 atom stereocenters. The van der Waals surface area contributed by atoms with Crippen molar-refractivity contribution >= 4 is 23.4 Å². The van der Waals surface area contributed by atoms with Crippen molar-refractivity contribution in [2.75, 3.05) is 17.3 Å². The SMILES string of the molecule is Cc1ccc(SCC(=O)N(Cc2ccc(CNN)cc2)c2ccc(C3CCCCC3)cc2)cc1.NCN. The smallest absolute Gasteiger partial charge is 0.237 e. The predicted octanol–water partition coefficient (Wildman–Crippen LogP) is 5.19. The number of amides is 1. The van der Waals surface area contributed by atoms with Crippen molar-refractivity contribution in [1.29, 1.82) is 0 Å². The van der Waals surface area contributed by atoms with Gasteiger partial charge in [0, 0.05) is 23.8 Å². The lowest BCUT2D eigenvalue weighted by atomic mass is 9.84. The molecule has 0 heterocycles. The van der Waals surface area contributed by atoms with Crippen LogP contribution in [-0.4, -0.2) is 18.3 Å². The number of rotatable bonds is 9. The van der Waals surface area contributed by atoms with Crippen molar-refractivity contribution in [3.63, 3.8) is 0 Å². The van der Waals surface area contributed by atoms with Crippen molar-refractivity contribution in [2.24, 2.45) is 17.3 Å². The van der Waals surface area contributed by atoms with Crippen molar-refractivity contribution in [2.45, 2.75) is 62.9 Å². The van der Waals surface area contributed by atoms with Crippen molar-refractivity contribution in [1.82, 2.24) is 5.43 Å². The highest BCUT2D eigenvalue weighted by molar-refractivity contribution is 8.00. The van der Waals surface area contributed by atoms with Crippen LogP contribution in [0, 0.1) is 6.92 Å². The van der Waals surface area contributed by atoms with E-state index in [1.165, 1.54) is 43.2 Å². The quantitative estimate of drug-likeness (QED) is 0.134. The summed E-state index contributed by atoms with van der Waals surface area (Å²) in [5.74, 6) is 6.63. The van der Waals surface area contributed by atoms with Crippen LogP contribution < -0.4 is 27.6 Å². The standard InChI is InChI=1S/C29H35N3OS.CH6N2/c1-22-7-17-28(18-8-22)34-21-29(33)32(20-24-11-9-23(10-12-24)19-31-30)27-15-13-26(14-16-27)25-5-3-2-4-6-25;2-1-3/h7-18,25,31H,2-6,19-21,30H2,1H3;1-3H2. The summed E-state index contributed by atoms with van der Waals surface area (Å²) in [5, 5.41) is 0. The molecule has 0 radical (unpaired) electrons. The van der Waals surface area contributed by atoms with Crippen LogP contribution >= 0.6 is 11.8 Å². The molecule has 0 bridgehead atoms. The van der Waals surface area contributed by atoms with E-state index < -0.39 is 0 Å². The molecule has 0 unspecified atom stereocenters. The minimum absolute atomic E-state index is 0.115. The first-order valence-electron chi connectivity index (χ1n) is 13.0. The van der Waals surface area contributed by atoms with Gasteiger partial charge >= 0.3 is 0 Å². The first-order valence-corrected chi connectivity index (χ1v) is 14.0. The second kappa shape index (κ2) is 15.5. The molecule has 1 amide bonds. The molecule has 0 aromatic heterocycles. The second-order valence-corrected chi connectivity index (χ2v) is 10.5. The summed E-state index contributed by atoms with van der Waals surface area (Å²) in [7, 11) is 0. The Bertz CT molecular complexity index is 1060. The van der Waals surface area contributed by atoms with Gasteiger partial charge in [-0.15, -0.1) is 11.8 Å². The van der Waals surface area contributed by atoms with Crippen molar-refractivity contribution in [3.05, 3.63) is 95.1 Å². The number of hydrogen-bond donors (Lipinski definition) is 4. The Hall–Kier alpha value is -2.68. The Labute approximate surface area is 226 Å². The molecule has 1 aliphatic rings. The Morgan fingerprint density at radius 3 is 2.08 bits per heavy atom. The van der Waals surface area contributed by atoms with E-state index in [9.17, 15) is 4.79 Å². The lowest BCUT2D eigenvalue weighted by molar-refractivity contribution is -0.116. The van der Waals surface area contributed by atoms with Crippen molar-refractivity contribution in [3.8, 4) is 0 Å². The fourth-order valence-corrected chi connectivity index (χ4v) is 5.38. The van der Waals surface area contributed by atoms with Gasteiger partial charge in [-0.25, -0.2) is 0 Å². The van der Waals surface area contributed by atoms with Crippen LogP contribution in [0.1, 0.15) is 60.3 Å². The topological polar surface area (TPSA) is 110 Å². The van der Waals surface area contributed by atoms with E-state index in [1.54, 1.807) is 11.8 Å². The number of hydrazine groups is 1.